The highest BCUT2D eigenvalue weighted by atomic mass is 15.0. The Hall–Kier alpha value is -0.0400. The molecular formula is C16H33N. The van der Waals surface area contributed by atoms with Crippen molar-refractivity contribution < 1.29 is 0 Å². The van der Waals surface area contributed by atoms with E-state index in [4.69, 9.17) is 0 Å². The molecule has 1 nitrogen and oxygen atoms in total. The van der Waals surface area contributed by atoms with Crippen LogP contribution in [-0.2, 0) is 0 Å². The van der Waals surface area contributed by atoms with Gasteiger partial charge in [-0.05, 0) is 49.4 Å². The van der Waals surface area contributed by atoms with E-state index in [1.807, 2.05) is 0 Å². The minimum Gasteiger partial charge on any atom is -0.311 e. The molecule has 0 heterocycles. The van der Waals surface area contributed by atoms with E-state index in [1.54, 1.807) is 0 Å². The average Bonchev–Trinajstić information content (AvgIpc) is 2.25. The monoisotopic (exact) mass is 239 g/mol. The Kier molecular flexibility index (Phi) is 5.50. The molecular weight excluding hydrogens is 206 g/mol. The summed E-state index contributed by atoms with van der Waals surface area (Å²) in [5.74, 6) is 1.69. The molecule has 0 aromatic carbocycles. The molecule has 1 heteroatoms. The van der Waals surface area contributed by atoms with Gasteiger partial charge in [0.2, 0.25) is 0 Å². The zero-order valence-electron chi connectivity index (χ0n) is 12.8. The van der Waals surface area contributed by atoms with Gasteiger partial charge < -0.3 is 5.32 Å². The highest BCUT2D eigenvalue weighted by molar-refractivity contribution is 4.85. The fourth-order valence-corrected chi connectivity index (χ4v) is 3.21. The lowest BCUT2D eigenvalue weighted by atomic mass is 9.71. The Labute approximate surface area is 109 Å². The highest BCUT2D eigenvalue weighted by Gasteiger charge is 2.30. The van der Waals surface area contributed by atoms with Crippen LogP contribution in [0.3, 0.4) is 0 Å². The summed E-state index contributed by atoms with van der Waals surface area (Å²) in [7, 11) is 0. The van der Waals surface area contributed by atoms with Gasteiger partial charge in [-0.25, -0.2) is 0 Å². The van der Waals surface area contributed by atoms with Crippen LogP contribution < -0.4 is 5.32 Å². The quantitative estimate of drug-likeness (QED) is 0.755. The first-order valence-corrected chi connectivity index (χ1v) is 7.60. The predicted octanol–water partition coefficient (Wildman–Crippen LogP) is 4.62. The van der Waals surface area contributed by atoms with Gasteiger partial charge >= 0.3 is 0 Å². The first-order chi connectivity index (χ1) is 7.84. The van der Waals surface area contributed by atoms with Gasteiger partial charge in [0.25, 0.3) is 0 Å². The van der Waals surface area contributed by atoms with Gasteiger partial charge in [-0.2, -0.15) is 0 Å². The fourth-order valence-electron chi connectivity index (χ4n) is 3.21. The van der Waals surface area contributed by atoms with Crippen LogP contribution in [0.1, 0.15) is 73.6 Å². The van der Waals surface area contributed by atoms with Gasteiger partial charge in [0.1, 0.15) is 0 Å². The minimum atomic E-state index is 0.507. The van der Waals surface area contributed by atoms with Crippen LogP contribution >= 0.6 is 0 Å². The third-order valence-corrected chi connectivity index (χ3v) is 4.65. The number of rotatable bonds is 4. The molecule has 1 unspecified atom stereocenters. The van der Waals surface area contributed by atoms with Crippen LogP contribution in [-0.4, -0.2) is 12.1 Å². The zero-order chi connectivity index (χ0) is 13.1. The number of hydrogen-bond donors (Lipinski definition) is 1. The molecule has 1 aliphatic carbocycles. The van der Waals surface area contributed by atoms with Gasteiger partial charge in [-0.15, -0.1) is 0 Å². The first kappa shape index (κ1) is 15.0. The summed E-state index contributed by atoms with van der Waals surface area (Å²) >= 11 is 0. The fraction of sp³-hybridized carbons (Fsp3) is 1.00. The molecule has 1 rings (SSSR count). The first-order valence-electron chi connectivity index (χ1n) is 7.60. The van der Waals surface area contributed by atoms with Crippen LogP contribution in [0.2, 0.25) is 0 Å². The summed E-state index contributed by atoms with van der Waals surface area (Å²) in [6, 6.07) is 1.49. The van der Waals surface area contributed by atoms with E-state index in [0.29, 0.717) is 11.5 Å². The molecule has 1 fully saturated rings. The van der Waals surface area contributed by atoms with Crippen LogP contribution in [0, 0.1) is 17.3 Å². The van der Waals surface area contributed by atoms with Crippen molar-refractivity contribution in [1.29, 1.82) is 0 Å². The summed E-state index contributed by atoms with van der Waals surface area (Å²) in [4.78, 5) is 0. The molecule has 0 aromatic heterocycles. The van der Waals surface area contributed by atoms with Crippen LogP contribution in [0.5, 0.6) is 0 Å². The molecule has 0 radical (unpaired) electrons. The largest absolute Gasteiger partial charge is 0.311 e. The molecule has 0 saturated heterocycles. The van der Waals surface area contributed by atoms with Crippen molar-refractivity contribution in [1.82, 2.24) is 5.32 Å². The molecule has 0 spiro atoms. The molecule has 1 saturated carbocycles. The lowest BCUT2D eigenvalue weighted by molar-refractivity contribution is 0.152. The summed E-state index contributed by atoms with van der Waals surface area (Å²) in [5.41, 5.74) is 0.507. The SMILES string of the molecule is CCC(NC1CCC(C(C)(C)C)CC1)C(C)C. The van der Waals surface area contributed by atoms with E-state index >= 15 is 0 Å². The lowest BCUT2D eigenvalue weighted by Gasteiger charge is -2.38. The van der Waals surface area contributed by atoms with Crippen molar-refractivity contribution in [3.63, 3.8) is 0 Å². The molecule has 1 atom stereocenters. The van der Waals surface area contributed by atoms with E-state index < -0.39 is 0 Å². The third-order valence-electron chi connectivity index (χ3n) is 4.65. The molecule has 0 amide bonds. The Bertz CT molecular complexity index is 206. The smallest absolute Gasteiger partial charge is 0.00900 e. The van der Waals surface area contributed by atoms with Gasteiger partial charge in [-0.1, -0.05) is 41.5 Å². The van der Waals surface area contributed by atoms with Crippen molar-refractivity contribution in [2.45, 2.75) is 85.7 Å². The Morgan fingerprint density at radius 1 is 1.06 bits per heavy atom. The summed E-state index contributed by atoms with van der Waals surface area (Å²) < 4.78 is 0. The zero-order valence-corrected chi connectivity index (χ0v) is 12.8. The Morgan fingerprint density at radius 2 is 1.59 bits per heavy atom. The molecule has 0 bridgehead atoms. The second-order valence-electron chi connectivity index (χ2n) is 7.34. The van der Waals surface area contributed by atoms with Gasteiger partial charge in [-0.3, -0.25) is 0 Å². The molecule has 0 aromatic rings. The van der Waals surface area contributed by atoms with E-state index in [0.717, 1.165) is 17.9 Å². The predicted molar refractivity (Wildman–Crippen MR) is 77.3 cm³/mol. The van der Waals surface area contributed by atoms with E-state index in [-0.39, 0.29) is 0 Å². The molecule has 102 valence electrons. The molecule has 0 aliphatic heterocycles. The average molecular weight is 239 g/mol. The van der Waals surface area contributed by atoms with Crippen LogP contribution in [0.4, 0.5) is 0 Å². The standard InChI is InChI=1S/C16H33N/c1-7-15(12(2)3)17-14-10-8-13(9-11-14)16(4,5)6/h12-15,17H,7-11H2,1-6H3. The maximum absolute atomic E-state index is 3.88. The maximum Gasteiger partial charge on any atom is 0.00900 e. The van der Waals surface area contributed by atoms with Crippen molar-refractivity contribution in [2.75, 3.05) is 0 Å². The van der Waals surface area contributed by atoms with Gasteiger partial charge in [0, 0.05) is 12.1 Å². The summed E-state index contributed by atoms with van der Waals surface area (Å²) in [6.07, 6.45) is 6.85. The molecule has 17 heavy (non-hydrogen) atoms. The van der Waals surface area contributed by atoms with E-state index in [1.165, 1.54) is 32.1 Å². The Morgan fingerprint density at radius 3 is 1.94 bits per heavy atom. The van der Waals surface area contributed by atoms with Gasteiger partial charge in [0.15, 0.2) is 0 Å². The van der Waals surface area contributed by atoms with Crippen molar-refractivity contribution in [3.8, 4) is 0 Å². The normalized spacial score (nSPS) is 28.4. The lowest BCUT2D eigenvalue weighted by Crippen LogP contribution is -2.43. The van der Waals surface area contributed by atoms with Crippen LogP contribution in [0.15, 0.2) is 0 Å². The summed E-state index contributed by atoms with van der Waals surface area (Å²) in [5, 5.41) is 3.88. The highest BCUT2D eigenvalue weighted by Crippen LogP contribution is 2.37. The second kappa shape index (κ2) is 6.22. The van der Waals surface area contributed by atoms with Crippen molar-refractivity contribution in [3.05, 3.63) is 0 Å². The Balaban J connectivity index is 2.37. The van der Waals surface area contributed by atoms with Crippen molar-refractivity contribution in [2.24, 2.45) is 17.3 Å². The van der Waals surface area contributed by atoms with Gasteiger partial charge in [0.05, 0.1) is 0 Å². The molecule has 1 N–H and O–H groups in total. The summed E-state index contributed by atoms with van der Waals surface area (Å²) in [6.45, 7) is 14.2. The van der Waals surface area contributed by atoms with E-state index in [2.05, 4.69) is 46.9 Å². The number of nitrogens with one attached hydrogen (secondary N) is 1. The maximum atomic E-state index is 3.88. The second-order valence-corrected chi connectivity index (χ2v) is 7.34. The minimum absolute atomic E-state index is 0.507. The van der Waals surface area contributed by atoms with Crippen molar-refractivity contribution >= 4 is 0 Å². The van der Waals surface area contributed by atoms with E-state index in [9.17, 15) is 0 Å². The number of hydrogen-bond acceptors (Lipinski definition) is 1. The topological polar surface area (TPSA) is 12.0 Å². The molecule has 1 aliphatic rings. The van der Waals surface area contributed by atoms with Crippen LogP contribution in [0.25, 0.3) is 0 Å². The third kappa shape index (κ3) is 4.62.